The molecular weight excluding hydrogens is 350 g/mol. The second kappa shape index (κ2) is 8.36. The lowest BCUT2D eigenvalue weighted by Crippen LogP contribution is -2.13. The third-order valence-electron chi connectivity index (χ3n) is 5.29. The average Bonchev–Trinajstić information content (AvgIpc) is 3.24. The minimum absolute atomic E-state index is 1.04. The predicted molar refractivity (Wildman–Crippen MR) is 126 cm³/mol. The van der Waals surface area contributed by atoms with Crippen molar-refractivity contribution in [3.63, 3.8) is 0 Å². The topological polar surface area (TPSA) is 3.24 Å². The fraction of sp³-hybridized carbons (Fsp3) is 0.143. The molecule has 3 aromatic rings. The standard InChI is InChI=1S/C28H27N/c1-21-19-22(2)28(23(3)20-21)29(26-11-5-4-6-12-26)27-17-15-25(16-18-27)14-13-24-9-7-8-10-24/h4-7,9-20H,8H2,1-3H3/b14-13+. The van der Waals surface area contributed by atoms with E-state index in [9.17, 15) is 0 Å². The number of para-hydroxylation sites is 1. The van der Waals surface area contributed by atoms with Crippen LogP contribution in [0.2, 0.25) is 0 Å². The van der Waals surface area contributed by atoms with Crippen molar-refractivity contribution >= 4 is 23.1 Å². The lowest BCUT2D eigenvalue weighted by Gasteiger charge is -2.29. The van der Waals surface area contributed by atoms with Crippen LogP contribution in [0.5, 0.6) is 0 Å². The van der Waals surface area contributed by atoms with E-state index in [1.165, 1.54) is 44.9 Å². The van der Waals surface area contributed by atoms with E-state index in [1.807, 2.05) is 0 Å². The summed E-state index contributed by atoms with van der Waals surface area (Å²) in [6.45, 7) is 6.56. The molecule has 0 saturated carbocycles. The Balaban J connectivity index is 1.74. The highest BCUT2D eigenvalue weighted by Crippen LogP contribution is 2.39. The molecule has 0 atom stereocenters. The first kappa shape index (κ1) is 19.0. The Morgan fingerprint density at radius 3 is 2.03 bits per heavy atom. The van der Waals surface area contributed by atoms with Gasteiger partial charge in [0, 0.05) is 11.4 Å². The fourth-order valence-corrected chi connectivity index (χ4v) is 4.04. The van der Waals surface area contributed by atoms with Crippen molar-refractivity contribution in [3.8, 4) is 0 Å². The summed E-state index contributed by atoms with van der Waals surface area (Å²) in [5.41, 5.74) is 9.96. The van der Waals surface area contributed by atoms with E-state index in [1.54, 1.807) is 0 Å². The molecule has 0 amide bonds. The molecule has 0 spiro atoms. The highest BCUT2D eigenvalue weighted by atomic mass is 15.1. The van der Waals surface area contributed by atoms with Gasteiger partial charge in [-0.3, -0.25) is 0 Å². The van der Waals surface area contributed by atoms with Gasteiger partial charge >= 0.3 is 0 Å². The molecule has 29 heavy (non-hydrogen) atoms. The van der Waals surface area contributed by atoms with Crippen LogP contribution >= 0.6 is 0 Å². The first-order valence-electron chi connectivity index (χ1n) is 10.2. The van der Waals surface area contributed by atoms with E-state index in [0.717, 1.165) is 6.42 Å². The second-order valence-electron chi connectivity index (χ2n) is 7.69. The number of allylic oxidation sites excluding steroid dienone is 5. The van der Waals surface area contributed by atoms with Crippen LogP contribution in [0.15, 0.2) is 96.6 Å². The normalized spacial score (nSPS) is 13.1. The number of anilines is 3. The van der Waals surface area contributed by atoms with Gasteiger partial charge < -0.3 is 4.90 Å². The molecule has 0 bridgehead atoms. The molecule has 0 aliphatic heterocycles. The third kappa shape index (κ3) is 4.25. The van der Waals surface area contributed by atoms with Crippen molar-refractivity contribution in [2.45, 2.75) is 27.2 Å². The number of hydrogen-bond donors (Lipinski definition) is 0. The largest absolute Gasteiger partial charge is 0.310 e. The summed E-state index contributed by atoms with van der Waals surface area (Å²) in [5.74, 6) is 0. The van der Waals surface area contributed by atoms with Crippen molar-refractivity contribution in [3.05, 3.63) is 119 Å². The Hall–Kier alpha value is -3.32. The van der Waals surface area contributed by atoms with Crippen LogP contribution in [0.25, 0.3) is 6.08 Å². The van der Waals surface area contributed by atoms with Gasteiger partial charge in [0.1, 0.15) is 0 Å². The minimum atomic E-state index is 1.04. The van der Waals surface area contributed by atoms with Gasteiger partial charge in [-0.15, -0.1) is 0 Å². The molecule has 1 heteroatoms. The van der Waals surface area contributed by atoms with E-state index in [-0.39, 0.29) is 0 Å². The Morgan fingerprint density at radius 1 is 0.759 bits per heavy atom. The monoisotopic (exact) mass is 377 g/mol. The Bertz CT molecular complexity index is 1060. The average molecular weight is 378 g/mol. The number of aryl methyl sites for hydroxylation is 3. The van der Waals surface area contributed by atoms with Crippen LogP contribution in [0.3, 0.4) is 0 Å². The van der Waals surface area contributed by atoms with E-state index < -0.39 is 0 Å². The number of hydrogen-bond acceptors (Lipinski definition) is 1. The van der Waals surface area contributed by atoms with Crippen LogP contribution in [-0.2, 0) is 0 Å². The van der Waals surface area contributed by atoms with E-state index in [0.29, 0.717) is 0 Å². The van der Waals surface area contributed by atoms with Crippen LogP contribution in [0.1, 0.15) is 28.7 Å². The predicted octanol–water partition coefficient (Wildman–Crippen LogP) is 7.98. The number of benzene rings is 3. The van der Waals surface area contributed by atoms with Gasteiger partial charge in [-0.25, -0.2) is 0 Å². The summed E-state index contributed by atoms with van der Waals surface area (Å²) in [5, 5.41) is 0. The molecule has 1 aliphatic carbocycles. The van der Waals surface area contributed by atoms with E-state index in [2.05, 4.69) is 123 Å². The Kier molecular flexibility index (Phi) is 5.48. The molecule has 0 aromatic heterocycles. The van der Waals surface area contributed by atoms with Gasteiger partial charge in [0.25, 0.3) is 0 Å². The lowest BCUT2D eigenvalue weighted by atomic mass is 10.0. The maximum atomic E-state index is 2.36. The zero-order valence-electron chi connectivity index (χ0n) is 17.4. The van der Waals surface area contributed by atoms with Gasteiger partial charge in [0.2, 0.25) is 0 Å². The molecule has 1 aliphatic rings. The molecule has 0 N–H and O–H groups in total. The molecule has 0 fully saturated rings. The van der Waals surface area contributed by atoms with Crippen LogP contribution in [-0.4, -0.2) is 0 Å². The number of rotatable bonds is 5. The molecule has 0 heterocycles. The highest BCUT2D eigenvalue weighted by molar-refractivity contribution is 5.81. The molecule has 144 valence electrons. The van der Waals surface area contributed by atoms with E-state index >= 15 is 0 Å². The zero-order chi connectivity index (χ0) is 20.2. The van der Waals surface area contributed by atoms with Crippen LogP contribution in [0, 0.1) is 20.8 Å². The summed E-state index contributed by atoms with van der Waals surface area (Å²) in [4.78, 5) is 2.36. The third-order valence-corrected chi connectivity index (χ3v) is 5.29. The Morgan fingerprint density at radius 2 is 1.41 bits per heavy atom. The van der Waals surface area contributed by atoms with E-state index in [4.69, 9.17) is 0 Å². The van der Waals surface area contributed by atoms with Gasteiger partial charge in [0.15, 0.2) is 0 Å². The van der Waals surface area contributed by atoms with Crippen LogP contribution < -0.4 is 4.90 Å². The summed E-state index contributed by atoms with van der Waals surface area (Å²) < 4.78 is 0. The first-order chi connectivity index (χ1) is 14.1. The maximum absolute atomic E-state index is 2.36. The molecule has 0 unspecified atom stereocenters. The highest BCUT2D eigenvalue weighted by Gasteiger charge is 2.16. The minimum Gasteiger partial charge on any atom is -0.310 e. The molecule has 3 aromatic carbocycles. The van der Waals surface area contributed by atoms with Crippen molar-refractivity contribution in [2.75, 3.05) is 4.90 Å². The zero-order valence-corrected chi connectivity index (χ0v) is 17.4. The quantitative estimate of drug-likeness (QED) is 0.435. The van der Waals surface area contributed by atoms with Crippen LogP contribution in [0.4, 0.5) is 17.1 Å². The van der Waals surface area contributed by atoms with Crippen molar-refractivity contribution in [1.29, 1.82) is 0 Å². The van der Waals surface area contributed by atoms with Gasteiger partial charge in [-0.05, 0) is 73.7 Å². The van der Waals surface area contributed by atoms with Gasteiger partial charge in [-0.1, -0.05) is 78.4 Å². The van der Waals surface area contributed by atoms with Crippen molar-refractivity contribution in [2.24, 2.45) is 0 Å². The van der Waals surface area contributed by atoms with Gasteiger partial charge in [0.05, 0.1) is 5.69 Å². The fourth-order valence-electron chi connectivity index (χ4n) is 4.04. The van der Waals surface area contributed by atoms with Gasteiger partial charge in [-0.2, -0.15) is 0 Å². The Labute approximate surface area is 174 Å². The molecule has 1 nitrogen and oxygen atoms in total. The lowest BCUT2D eigenvalue weighted by molar-refractivity contribution is 1.20. The molecular formula is C28H27N. The first-order valence-corrected chi connectivity index (χ1v) is 10.2. The molecule has 4 rings (SSSR count). The summed E-state index contributed by atoms with van der Waals surface area (Å²) in [7, 11) is 0. The summed E-state index contributed by atoms with van der Waals surface area (Å²) >= 11 is 0. The molecule has 0 radical (unpaired) electrons. The number of nitrogens with zero attached hydrogens (tertiary/aromatic N) is 1. The van der Waals surface area contributed by atoms with Crippen molar-refractivity contribution < 1.29 is 0 Å². The summed E-state index contributed by atoms with van der Waals surface area (Å²) in [6, 6.07) is 23.9. The molecule has 0 saturated heterocycles. The van der Waals surface area contributed by atoms with Crippen molar-refractivity contribution in [1.82, 2.24) is 0 Å². The smallest absolute Gasteiger partial charge is 0.0520 e. The summed E-state index contributed by atoms with van der Waals surface area (Å²) in [6.07, 6.45) is 12.0. The second-order valence-corrected chi connectivity index (χ2v) is 7.69. The maximum Gasteiger partial charge on any atom is 0.0520 e. The SMILES string of the molecule is Cc1cc(C)c(N(c2ccccc2)c2ccc(/C=C/C3=CCC=C3)cc2)c(C)c1.